The van der Waals surface area contributed by atoms with Crippen LogP contribution in [-0.2, 0) is 11.2 Å². The van der Waals surface area contributed by atoms with Crippen LogP contribution < -0.4 is 10.1 Å². The van der Waals surface area contributed by atoms with Crippen LogP contribution in [0.1, 0.15) is 31.2 Å². The molecule has 0 heterocycles. The first-order chi connectivity index (χ1) is 10.7. The average molecular weight is 301 g/mol. The van der Waals surface area contributed by atoms with Crippen molar-refractivity contribution in [3.8, 4) is 18.1 Å². The van der Waals surface area contributed by atoms with E-state index in [1.807, 2.05) is 24.3 Å². The fourth-order valence-corrected chi connectivity index (χ4v) is 2.69. The molecule has 0 saturated heterocycles. The third-order valence-corrected chi connectivity index (χ3v) is 4.03. The molecule has 2 N–H and O–H groups in total. The molecule has 1 amide bonds. The lowest BCUT2D eigenvalue weighted by molar-refractivity contribution is -0.126. The van der Waals surface area contributed by atoms with Gasteiger partial charge in [0.05, 0.1) is 6.10 Å². The molecule has 0 aromatic heterocycles. The van der Waals surface area contributed by atoms with Crippen molar-refractivity contribution in [2.24, 2.45) is 5.92 Å². The van der Waals surface area contributed by atoms with Crippen LogP contribution >= 0.6 is 0 Å². The van der Waals surface area contributed by atoms with Gasteiger partial charge in [-0.2, -0.15) is 0 Å². The Hall–Kier alpha value is -1.99. The fraction of sp³-hybridized carbons (Fsp3) is 0.500. The molecule has 1 fully saturated rings. The van der Waals surface area contributed by atoms with E-state index in [1.54, 1.807) is 0 Å². The van der Waals surface area contributed by atoms with E-state index in [2.05, 4.69) is 11.2 Å². The Morgan fingerprint density at radius 1 is 1.27 bits per heavy atom. The zero-order chi connectivity index (χ0) is 15.8. The number of ether oxygens (including phenoxy) is 1. The number of aliphatic hydroxyl groups is 1. The predicted molar refractivity (Wildman–Crippen MR) is 85.4 cm³/mol. The summed E-state index contributed by atoms with van der Waals surface area (Å²) in [6, 6.07) is 7.73. The number of benzene rings is 1. The highest BCUT2D eigenvalue weighted by molar-refractivity contribution is 5.78. The number of nitrogens with one attached hydrogen (secondary N) is 1. The van der Waals surface area contributed by atoms with Gasteiger partial charge in [0.25, 0.3) is 0 Å². The summed E-state index contributed by atoms with van der Waals surface area (Å²) in [5.41, 5.74) is 1.15. The molecule has 22 heavy (non-hydrogen) atoms. The fourth-order valence-electron chi connectivity index (χ4n) is 2.69. The molecular formula is C18H23NO3. The molecule has 0 atom stereocenters. The second-order valence-corrected chi connectivity index (χ2v) is 5.68. The number of aliphatic hydroxyl groups excluding tert-OH is 1. The zero-order valence-electron chi connectivity index (χ0n) is 12.8. The van der Waals surface area contributed by atoms with Crippen molar-refractivity contribution in [2.75, 3.05) is 13.2 Å². The van der Waals surface area contributed by atoms with Gasteiger partial charge in [0, 0.05) is 12.5 Å². The summed E-state index contributed by atoms with van der Waals surface area (Å²) in [5, 5.41) is 12.4. The van der Waals surface area contributed by atoms with Crippen LogP contribution in [-0.4, -0.2) is 30.3 Å². The van der Waals surface area contributed by atoms with Gasteiger partial charge in [0.15, 0.2) is 0 Å². The van der Waals surface area contributed by atoms with Crippen LogP contribution in [0.2, 0.25) is 0 Å². The summed E-state index contributed by atoms with van der Waals surface area (Å²) in [6.07, 6.45) is 8.74. The Labute approximate surface area is 131 Å². The molecule has 1 aliphatic rings. The minimum Gasteiger partial charge on any atom is -0.481 e. The van der Waals surface area contributed by atoms with Gasteiger partial charge in [0.1, 0.15) is 12.4 Å². The van der Waals surface area contributed by atoms with Crippen LogP contribution in [0.3, 0.4) is 0 Å². The van der Waals surface area contributed by atoms with Crippen molar-refractivity contribution < 1.29 is 14.6 Å². The van der Waals surface area contributed by atoms with E-state index in [0.717, 1.165) is 43.4 Å². The van der Waals surface area contributed by atoms with Crippen molar-refractivity contribution in [1.29, 1.82) is 0 Å². The molecule has 4 nitrogen and oxygen atoms in total. The van der Waals surface area contributed by atoms with Gasteiger partial charge in [0.2, 0.25) is 5.91 Å². The maximum atomic E-state index is 12.0. The molecule has 0 unspecified atom stereocenters. The summed E-state index contributed by atoms with van der Waals surface area (Å²) in [5.74, 6) is 3.35. The maximum Gasteiger partial charge on any atom is 0.223 e. The Morgan fingerprint density at radius 3 is 2.59 bits per heavy atom. The molecule has 0 aliphatic heterocycles. The lowest BCUT2D eigenvalue weighted by atomic mass is 9.87. The van der Waals surface area contributed by atoms with Gasteiger partial charge >= 0.3 is 0 Å². The van der Waals surface area contributed by atoms with Crippen molar-refractivity contribution in [1.82, 2.24) is 5.32 Å². The smallest absolute Gasteiger partial charge is 0.223 e. The van der Waals surface area contributed by atoms with Gasteiger partial charge in [-0.3, -0.25) is 4.79 Å². The highest BCUT2D eigenvalue weighted by Crippen LogP contribution is 2.24. The van der Waals surface area contributed by atoms with Gasteiger partial charge in [-0.05, 0) is 49.8 Å². The highest BCUT2D eigenvalue weighted by Gasteiger charge is 2.24. The molecule has 0 spiro atoms. The Balaban J connectivity index is 1.69. The van der Waals surface area contributed by atoms with Crippen LogP contribution in [0.15, 0.2) is 24.3 Å². The third-order valence-electron chi connectivity index (χ3n) is 4.03. The first-order valence-corrected chi connectivity index (χ1v) is 7.80. The molecule has 1 saturated carbocycles. The van der Waals surface area contributed by atoms with E-state index in [-0.39, 0.29) is 24.5 Å². The SMILES string of the molecule is C#CCOc1ccc(CCNC(=O)C2CCC(O)CC2)cc1. The van der Waals surface area contributed by atoms with Crippen molar-refractivity contribution in [2.45, 2.75) is 38.2 Å². The summed E-state index contributed by atoms with van der Waals surface area (Å²) in [7, 11) is 0. The number of hydrogen-bond donors (Lipinski definition) is 2. The molecule has 118 valence electrons. The summed E-state index contributed by atoms with van der Waals surface area (Å²) in [4.78, 5) is 12.0. The lowest BCUT2D eigenvalue weighted by Crippen LogP contribution is -2.35. The second kappa shape index (κ2) is 8.45. The molecule has 1 aliphatic carbocycles. The third kappa shape index (κ3) is 5.09. The molecular weight excluding hydrogens is 278 g/mol. The molecule has 1 aromatic carbocycles. The van der Waals surface area contributed by atoms with Gasteiger partial charge in [-0.15, -0.1) is 6.42 Å². The monoisotopic (exact) mass is 301 g/mol. The number of amides is 1. The lowest BCUT2D eigenvalue weighted by Gasteiger charge is -2.24. The average Bonchev–Trinajstić information content (AvgIpc) is 2.54. The van der Waals surface area contributed by atoms with Gasteiger partial charge < -0.3 is 15.2 Å². The molecule has 1 aromatic rings. The first kappa shape index (κ1) is 16.4. The highest BCUT2D eigenvalue weighted by atomic mass is 16.5. The van der Waals surface area contributed by atoms with Gasteiger partial charge in [-0.1, -0.05) is 18.1 Å². The first-order valence-electron chi connectivity index (χ1n) is 7.80. The Bertz CT molecular complexity index is 510. The molecule has 4 heteroatoms. The number of carbonyl (C=O) groups is 1. The van der Waals surface area contributed by atoms with E-state index in [4.69, 9.17) is 11.2 Å². The minimum absolute atomic E-state index is 0.0583. The summed E-state index contributed by atoms with van der Waals surface area (Å²) >= 11 is 0. The second-order valence-electron chi connectivity index (χ2n) is 5.68. The summed E-state index contributed by atoms with van der Waals surface area (Å²) in [6.45, 7) is 0.897. The van der Waals surface area contributed by atoms with Gasteiger partial charge in [-0.25, -0.2) is 0 Å². The van der Waals surface area contributed by atoms with E-state index < -0.39 is 0 Å². The zero-order valence-corrected chi connectivity index (χ0v) is 12.8. The minimum atomic E-state index is -0.223. The normalized spacial score (nSPS) is 20.9. The number of rotatable bonds is 6. The molecule has 2 rings (SSSR count). The van der Waals surface area contributed by atoms with Crippen molar-refractivity contribution in [3.63, 3.8) is 0 Å². The van der Waals surface area contributed by atoms with Crippen LogP contribution in [0.5, 0.6) is 5.75 Å². The van der Waals surface area contributed by atoms with Crippen LogP contribution in [0, 0.1) is 18.3 Å². The largest absolute Gasteiger partial charge is 0.481 e. The Kier molecular flexibility index (Phi) is 6.29. The predicted octanol–water partition coefficient (Wildman–Crippen LogP) is 1.91. The van der Waals surface area contributed by atoms with E-state index in [9.17, 15) is 9.90 Å². The van der Waals surface area contributed by atoms with Crippen LogP contribution in [0.4, 0.5) is 0 Å². The Morgan fingerprint density at radius 2 is 1.95 bits per heavy atom. The number of hydrogen-bond acceptors (Lipinski definition) is 3. The van der Waals surface area contributed by atoms with Crippen LogP contribution in [0.25, 0.3) is 0 Å². The van der Waals surface area contributed by atoms with Crippen molar-refractivity contribution >= 4 is 5.91 Å². The van der Waals surface area contributed by atoms with E-state index >= 15 is 0 Å². The molecule has 0 bridgehead atoms. The topological polar surface area (TPSA) is 58.6 Å². The quantitative estimate of drug-likeness (QED) is 0.789. The molecule has 0 radical (unpaired) electrons. The van der Waals surface area contributed by atoms with E-state index in [0.29, 0.717) is 6.54 Å². The van der Waals surface area contributed by atoms with E-state index in [1.165, 1.54) is 0 Å². The standard InChI is InChI=1S/C18H23NO3/c1-2-13-22-17-9-3-14(4-10-17)11-12-19-18(21)15-5-7-16(20)8-6-15/h1,3-4,9-10,15-16,20H,5-8,11-13H2,(H,19,21). The summed E-state index contributed by atoms with van der Waals surface area (Å²) < 4.78 is 5.31. The maximum absolute atomic E-state index is 12.0. The van der Waals surface area contributed by atoms with Crippen molar-refractivity contribution in [3.05, 3.63) is 29.8 Å². The number of carbonyl (C=O) groups excluding carboxylic acids is 1. The number of terminal acetylenes is 1.